The quantitative estimate of drug-likeness (QED) is 0.474. The van der Waals surface area contributed by atoms with E-state index in [1.165, 1.54) is 0 Å². The smallest absolute Gasteiger partial charge is 0.406 e. The largest absolute Gasteiger partial charge is 0.424 e. The van der Waals surface area contributed by atoms with E-state index in [0.717, 1.165) is 16.7 Å². The maximum atomic E-state index is 11.7. The molecule has 0 amide bonds. The summed E-state index contributed by atoms with van der Waals surface area (Å²) in [5.74, 6) is -0.530. The highest BCUT2D eigenvalue weighted by molar-refractivity contribution is 6.61. The number of carbonyl (C=O) groups is 2. The van der Waals surface area contributed by atoms with Gasteiger partial charge in [0, 0.05) is 11.6 Å². The third-order valence-corrected chi connectivity index (χ3v) is 2.35. The molecule has 0 aromatic heterocycles. The number of carbonyl (C=O) groups excluding carboxylic acids is 2. The first-order valence-electron chi connectivity index (χ1n) is 4.99. The van der Waals surface area contributed by atoms with Crippen LogP contribution in [-0.4, -0.2) is 18.2 Å². The minimum Gasteiger partial charge on any atom is -0.424 e. The van der Waals surface area contributed by atoms with Gasteiger partial charge in [0.2, 0.25) is 6.79 Å². The van der Waals surface area contributed by atoms with Crippen LogP contribution in [0.5, 0.6) is 0 Å². The molecule has 17 heavy (non-hydrogen) atoms. The zero-order chi connectivity index (χ0) is 13.0. The van der Waals surface area contributed by atoms with Gasteiger partial charge in [0.25, 0.3) is 0 Å². The number of hydrogen-bond acceptors (Lipinski definition) is 4. The minimum atomic E-state index is -1.00. The fraction of sp³-hybridized carbons (Fsp3) is 0.333. The van der Waals surface area contributed by atoms with E-state index in [9.17, 15) is 9.59 Å². The van der Waals surface area contributed by atoms with E-state index in [4.69, 9.17) is 16.3 Å². The lowest BCUT2D eigenvalue weighted by Gasteiger charge is -2.10. The van der Waals surface area contributed by atoms with Gasteiger partial charge >= 0.3 is 11.4 Å². The number of ether oxygens (including phenoxy) is 2. The van der Waals surface area contributed by atoms with Gasteiger partial charge in [0.05, 0.1) is 5.56 Å². The van der Waals surface area contributed by atoms with Crippen molar-refractivity contribution in [2.75, 3.05) is 6.79 Å². The molecule has 0 heterocycles. The lowest BCUT2D eigenvalue weighted by atomic mass is 10.0. The van der Waals surface area contributed by atoms with E-state index in [1.54, 1.807) is 0 Å². The van der Waals surface area contributed by atoms with Crippen molar-refractivity contribution in [2.45, 2.75) is 20.8 Å². The SMILES string of the molecule is Cc1cc(C)c(C(=O)OCOC(=O)Cl)c(C)c1. The van der Waals surface area contributed by atoms with Crippen molar-refractivity contribution in [1.29, 1.82) is 0 Å². The van der Waals surface area contributed by atoms with Crippen molar-refractivity contribution in [1.82, 2.24) is 0 Å². The van der Waals surface area contributed by atoms with Crippen molar-refractivity contribution in [2.24, 2.45) is 0 Å². The number of halogens is 1. The summed E-state index contributed by atoms with van der Waals surface area (Å²) in [6, 6.07) is 3.77. The van der Waals surface area contributed by atoms with Gasteiger partial charge in [-0.05, 0) is 31.9 Å². The lowest BCUT2D eigenvalue weighted by molar-refractivity contribution is 0.00360. The minimum absolute atomic E-state index is 0.478. The number of rotatable bonds is 3. The zero-order valence-corrected chi connectivity index (χ0v) is 10.6. The van der Waals surface area contributed by atoms with Gasteiger partial charge in [-0.3, -0.25) is 0 Å². The Kier molecular flexibility index (Phi) is 4.52. The van der Waals surface area contributed by atoms with Gasteiger partial charge in [-0.15, -0.1) is 0 Å². The van der Waals surface area contributed by atoms with Gasteiger partial charge in [-0.2, -0.15) is 0 Å². The van der Waals surface area contributed by atoms with Crippen LogP contribution in [0.4, 0.5) is 4.79 Å². The second-order valence-corrected chi connectivity index (χ2v) is 4.01. The van der Waals surface area contributed by atoms with Crippen LogP contribution in [0, 0.1) is 20.8 Å². The summed E-state index contributed by atoms with van der Waals surface area (Å²) >= 11 is 4.94. The maximum absolute atomic E-state index is 11.7. The van der Waals surface area contributed by atoms with E-state index in [0.29, 0.717) is 5.56 Å². The first kappa shape index (κ1) is 13.5. The Morgan fingerprint density at radius 2 is 1.65 bits per heavy atom. The number of esters is 1. The molecule has 0 N–H and O–H groups in total. The van der Waals surface area contributed by atoms with Gasteiger partial charge in [0.15, 0.2) is 0 Å². The number of benzene rings is 1. The van der Waals surface area contributed by atoms with E-state index in [1.807, 2.05) is 32.9 Å². The van der Waals surface area contributed by atoms with Crippen LogP contribution < -0.4 is 0 Å². The second-order valence-electron chi connectivity index (χ2n) is 3.71. The van der Waals surface area contributed by atoms with Crippen molar-refractivity contribution in [3.63, 3.8) is 0 Å². The highest BCUT2D eigenvalue weighted by atomic mass is 35.5. The van der Waals surface area contributed by atoms with Crippen LogP contribution >= 0.6 is 11.6 Å². The summed E-state index contributed by atoms with van der Waals surface area (Å²) in [5.41, 5.74) is 2.20. The molecule has 0 aliphatic carbocycles. The third-order valence-electron chi connectivity index (χ3n) is 2.24. The van der Waals surface area contributed by atoms with E-state index < -0.39 is 18.2 Å². The standard InChI is InChI=1S/C12H13ClO4/c1-7-4-8(2)10(9(3)5-7)11(14)16-6-17-12(13)15/h4-5H,6H2,1-3H3. The van der Waals surface area contributed by atoms with E-state index in [-0.39, 0.29) is 0 Å². The van der Waals surface area contributed by atoms with Crippen LogP contribution in [0.3, 0.4) is 0 Å². The van der Waals surface area contributed by atoms with Crippen molar-refractivity contribution < 1.29 is 19.1 Å². The average Bonchev–Trinajstić information content (AvgIpc) is 2.14. The van der Waals surface area contributed by atoms with Crippen LogP contribution in [0.1, 0.15) is 27.0 Å². The third kappa shape index (κ3) is 3.75. The Balaban J connectivity index is 2.79. The second kappa shape index (κ2) is 5.68. The summed E-state index contributed by atoms with van der Waals surface area (Å²) in [6.07, 6.45) is 0. The van der Waals surface area contributed by atoms with Crippen molar-refractivity contribution >= 4 is 23.0 Å². The molecule has 0 saturated heterocycles. The topological polar surface area (TPSA) is 52.6 Å². The number of aryl methyl sites for hydroxylation is 3. The summed E-state index contributed by atoms with van der Waals surface area (Å²) in [5, 5.41) is 0. The Hall–Kier alpha value is -1.55. The molecule has 4 nitrogen and oxygen atoms in total. The van der Waals surface area contributed by atoms with E-state index in [2.05, 4.69) is 4.74 Å². The highest BCUT2D eigenvalue weighted by Gasteiger charge is 2.14. The molecule has 0 aliphatic heterocycles. The molecule has 0 aliphatic rings. The molecule has 0 unspecified atom stereocenters. The molecule has 0 radical (unpaired) electrons. The molecule has 1 rings (SSSR count). The monoisotopic (exact) mass is 256 g/mol. The number of hydrogen-bond donors (Lipinski definition) is 0. The summed E-state index contributed by atoms with van der Waals surface area (Å²) < 4.78 is 9.09. The Morgan fingerprint density at radius 1 is 1.12 bits per heavy atom. The lowest BCUT2D eigenvalue weighted by Crippen LogP contribution is -2.12. The fourth-order valence-corrected chi connectivity index (χ4v) is 1.75. The normalized spacial score (nSPS) is 9.88. The van der Waals surface area contributed by atoms with Crippen LogP contribution in [0.15, 0.2) is 12.1 Å². The molecular formula is C12H13ClO4. The van der Waals surface area contributed by atoms with Gasteiger partial charge in [-0.25, -0.2) is 9.59 Å². The van der Waals surface area contributed by atoms with Gasteiger partial charge < -0.3 is 9.47 Å². The summed E-state index contributed by atoms with van der Waals surface area (Å²) in [4.78, 5) is 22.0. The molecular weight excluding hydrogens is 244 g/mol. The Labute approximate surface area is 104 Å². The van der Waals surface area contributed by atoms with Gasteiger partial charge in [0.1, 0.15) is 0 Å². The zero-order valence-electron chi connectivity index (χ0n) is 9.87. The summed E-state index contributed by atoms with van der Waals surface area (Å²) in [6.45, 7) is 5.12. The molecule has 92 valence electrons. The van der Waals surface area contributed by atoms with Crippen molar-refractivity contribution in [3.8, 4) is 0 Å². The highest BCUT2D eigenvalue weighted by Crippen LogP contribution is 2.17. The molecule has 0 bridgehead atoms. The predicted octanol–water partition coefficient (Wildman–Crippen LogP) is 3.10. The van der Waals surface area contributed by atoms with Crippen LogP contribution in [-0.2, 0) is 9.47 Å². The predicted molar refractivity (Wildman–Crippen MR) is 63.3 cm³/mol. The molecule has 1 aromatic rings. The summed E-state index contributed by atoms with van der Waals surface area (Å²) in [7, 11) is 0. The first-order valence-corrected chi connectivity index (χ1v) is 5.37. The molecule has 1 aromatic carbocycles. The van der Waals surface area contributed by atoms with Gasteiger partial charge in [-0.1, -0.05) is 17.7 Å². The van der Waals surface area contributed by atoms with E-state index >= 15 is 0 Å². The Morgan fingerprint density at radius 3 is 2.12 bits per heavy atom. The molecule has 5 heteroatoms. The molecule has 0 saturated carbocycles. The molecule has 0 fully saturated rings. The molecule has 0 atom stereocenters. The average molecular weight is 257 g/mol. The first-order chi connectivity index (χ1) is 7.91. The molecule has 0 spiro atoms. The van der Waals surface area contributed by atoms with Crippen molar-refractivity contribution in [3.05, 3.63) is 34.4 Å². The van der Waals surface area contributed by atoms with Crippen LogP contribution in [0.2, 0.25) is 0 Å². The fourth-order valence-electron chi connectivity index (χ4n) is 1.70. The Bertz CT molecular complexity index is 431. The maximum Gasteiger partial charge on any atom is 0.406 e. The van der Waals surface area contributed by atoms with Crippen LogP contribution in [0.25, 0.3) is 0 Å².